The standard InChI is InChI=1S/C6H6O4S.CH4/c7-5-3-1-2-4-6(5)11(8,9)10;/h1-4,7H,(H,8,9,10);1H4. The highest BCUT2D eigenvalue weighted by Gasteiger charge is 2.12. The first-order chi connectivity index (χ1) is 5.02. The van der Waals surface area contributed by atoms with Crippen LogP contribution < -0.4 is 0 Å². The Morgan fingerprint density at radius 3 is 2.00 bits per heavy atom. The fraction of sp³-hybridized carbons (Fsp3) is 0.143. The fourth-order valence-electron chi connectivity index (χ4n) is 0.675. The molecule has 1 rings (SSSR count). The summed E-state index contributed by atoms with van der Waals surface area (Å²) in [4.78, 5) is -0.472. The summed E-state index contributed by atoms with van der Waals surface area (Å²) in [5, 5.41) is 8.91. The van der Waals surface area contributed by atoms with Crippen LogP contribution in [0, 0.1) is 0 Å². The van der Waals surface area contributed by atoms with Crippen LogP contribution in [-0.4, -0.2) is 18.1 Å². The van der Waals surface area contributed by atoms with Crippen LogP contribution in [0.3, 0.4) is 0 Å². The van der Waals surface area contributed by atoms with Crippen LogP contribution in [0.15, 0.2) is 29.2 Å². The van der Waals surface area contributed by atoms with Gasteiger partial charge in [-0.1, -0.05) is 19.6 Å². The molecule has 2 N–H and O–H groups in total. The molecular weight excluding hydrogens is 180 g/mol. The van der Waals surface area contributed by atoms with Gasteiger partial charge >= 0.3 is 0 Å². The Kier molecular flexibility index (Phi) is 3.24. The van der Waals surface area contributed by atoms with Crippen LogP contribution in [0.1, 0.15) is 7.43 Å². The van der Waals surface area contributed by atoms with Gasteiger partial charge in [-0.3, -0.25) is 4.55 Å². The molecule has 1 aromatic carbocycles. The van der Waals surface area contributed by atoms with Gasteiger partial charge in [-0.05, 0) is 12.1 Å². The number of para-hydroxylation sites is 1. The third-order valence-corrected chi connectivity index (χ3v) is 2.04. The van der Waals surface area contributed by atoms with E-state index in [4.69, 9.17) is 9.66 Å². The van der Waals surface area contributed by atoms with Gasteiger partial charge in [-0.25, -0.2) is 0 Å². The average molecular weight is 190 g/mol. The molecule has 0 bridgehead atoms. The van der Waals surface area contributed by atoms with Crippen molar-refractivity contribution in [3.8, 4) is 5.75 Å². The third-order valence-electron chi connectivity index (χ3n) is 1.14. The van der Waals surface area contributed by atoms with Crippen LogP contribution in [-0.2, 0) is 10.1 Å². The first-order valence-corrected chi connectivity index (χ1v) is 4.21. The molecule has 0 saturated carbocycles. The molecule has 0 heterocycles. The highest BCUT2D eigenvalue weighted by molar-refractivity contribution is 7.86. The lowest BCUT2D eigenvalue weighted by Gasteiger charge is -1.97. The molecule has 0 aromatic heterocycles. The first kappa shape index (κ1) is 10.9. The summed E-state index contributed by atoms with van der Waals surface area (Å²) in [5.74, 6) is -0.449. The van der Waals surface area contributed by atoms with Crippen molar-refractivity contribution in [3.05, 3.63) is 24.3 Å². The molecule has 0 aliphatic rings. The zero-order valence-corrected chi connectivity index (χ0v) is 6.25. The van der Waals surface area contributed by atoms with Gasteiger partial charge in [0.2, 0.25) is 0 Å². The van der Waals surface area contributed by atoms with Gasteiger partial charge < -0.3 is 5.11 Å². The lowest BCUT2D eigenvalue weighted by Crippen LogP contribution is -1.97. The second-order valence-corrected chi connectivity index (χ2v) is 3.33. The van der Waals surface area contributed by atoms with Gasteiger partial charge in [0.05, 0.1) is 0 Å². The molecule has 0 amide bonds. The first-order valence-electron chi connectivity index (χ1n) is 2.77. The van der Waals surface area contributed by atoms with Gasteiger partial charge in [-0.15, -0.1) is 0 Å². The SMILES string of the molecule is C.O=S(=O)(O)c1ccccc1O. The number of hydrogen-bond acceptors (Lipinski definition) is 3. The molecule has 0 saturated heterocycles. The minimum atomic E-state index is -4.28. The molecule has 0 spiro atoms. The average Bonchev–Trinajstić information content (AvgIpc) is 1.86. The smallest absolute Gasteiger partial charge is 0.298 e. The summed E-state index contributed by atoms with van der Waals surface area (Å²) in [6, 6.07) is 5.17. The number of aromatic hydroxyl groups is 1. The molecule has 12 heavy (non-hydrogen) atoms. The normalized spacial score (nSPS) is 10.4. The summed E-state index contributed by atoms with van der Waals surface area (Å²) in [5.41, 5.74) is 0. The van der Waals surface area contributed by atoms with E-state index in [1.165, 1.54) is 18.2 Å². The van der Waals surface area contributed by atoms with Crippen molar-refractivity contribution in [1.29, 1.82) is 0 Å². The van der Waals surface area contributed by atoms with Crippen LogP contribution in [0.25, 0.3) is 0 Å². The number of rotatable bonds is 1. The minimum absolute atomic E-state index is 0. The van der Waals surface area contributed by atoms with Crippen molar-refractivity contribution in [3.63, 3.8) is 0 Å². The van der Waals surface area contributed by atoms with Crippen molar-refractivity contribution in [2.45, 2.75) is 12.3 Å². The Morgan fingerprint density at radius 1 is 1.17 bits per heavy atom. The van der Waals surface area contributed by atoms with Crippen LogP contribution in [0.2, 0.25) is 0 Å². The zero-order chi connectivity index (χ0) is 8.48. The number of hydrogen-bond donors (Lipinski definition) is 2. The van der Waals surface area contributed by atoms with Crippen molar-refractivity contribution in [2.24, 2.45) is 0 Å². The van der Waals surface area contributed by atoms with Crippen molar-refractivity contribution in [1.82, 2.24) is 0 Å². The van der Waals surface area contributed by atoms with E-state index in [2.05, 4.69) is 0 Å². The summed E-state index contributed by atoms with van der Waals surface area (Å²) in [6.45, 7) is 0. The van der Waals surface area contributed by atoms with Crippen LogP contribution >= 0.6 is 0 Å². The quantitative estimate of drug-likeness (QED) is 0.654. The van der Waals surface area contributed by atoms with Crippen molar-refractivity contribution in [2.75, 3.05) is 0 Å². The second-order valence-electron chi connectivity index (χ2n) is 1.94. The lowest BCUT2D eigenvalue weighted by atomic mass is 10.3. The van der Waals surface area contributed by atoms with E-state index in [1.54, 1.807) is 0 Å². The van der Waals surface area contributed by atoms with Gasteiger partial charge in [-0.2, -0.15) is 8.42 Å². The van der Waals surface area contributed by atoms with E-state index < -0.39 is 20.8 Å². The van der Waals surface area contributed by atoms with Gasteiger partial charge in [0.15, 0.2) is 0 Å². The summed E-state index contributed by atoms with van der Waals surface area (Å²) in [6.07, 6.45) is 0. The van der Waals surface area contributed by atoms with E-state index >= 15 is 0 Å². The van der Waals surface area contributed by atoms with Gasteiger partial charge in [0, 0.05) is 0 Å². The zero-order valence-electron chi connectivity index (χ0n) is 5.43. The molecule has 0 unspecified atom stereocenters. The third kappa shape index (κ3) is 2.21. The molecule has 0 aliphatic heterocycles. The maximum absolute atomic E-state index is 10.4. The Hall–Kier alpha value is -1.07. The predicted molar refractivity (Wildman–Crippen MR) is 44.7 cm³/mol. The molecule has 0 radical (unpaired) electrons. The van der Waals surface area contributed by atoms with E-state index in [9.17, 15) is 8.42 Å². The Balaban J connectivity index is 0.00000121. The largest absolute Gasteiger partial charge is 0.506 e. The summed E-state index contributed by atoms with van der Waals surface area (Å²) >= 11 is 0. The fourth-order valence-corrected chi connectivity index (χ4v) is 1.26. The molecule has 4 nitrogen and oxygen atoms in total. The molecule has 0 fully saturated rings. The molecular formula is C7H10O4S. The summed E-state index contributed by atoms with van der Waals surface area (Å²) < 4.78 is 29.4. The number of phenols is 1. The Bertz CT molecular complexity index is 355. The Morgan fingerprint density at radius 2 is 1.67 bits per heavy atom. The molecule has 0 atom stereocenters. The topological polar surface area (TPSA) is 74.6 Å². The molecule has 0 aliphatic carbocycles. The lowest BCUT2D eigenvalue weighted by molar-refractivity contribution is 0.443. The Labute approximate surface area is 71.2 Å². The minimum Gasteiger partial charge on any atom is -0.506 e. The molecule has 5 heteroatoms. The highest BCUT2D eigenvalue weighted by Crippen LogP contribution is 2.20. The van der Waals surface area contributed by atoms with Crippen LogP contribution in [0.4, 0.5) is 0 Å². The van der Waals surface area contributed by atoms with Gasteiger partial charge in [0.25, 0.3) is 10.1 Å². The van der Waals surface area contributed by atoms with E-state index in [0.717, 1.165) is 6.07 Å². The van der Waals surface area contributed by atoms with Crippen molar-refractivity contribution >= 4 is 10.1 Å². The van der Waals surface area contributed by atoms with E-state index in [0.29, 0.717) is 0 Å². The monoisotopic (exact) mass is 190 g/mol. The van der Waals surface area contributed by atoms with E-state index in [-0.39, 0.29) is 7.43 Å². The maximum atomic E-state index is 10.4. The van der Waals surface area contributed by atoms with Crippen LogP contribution in [0.5, 0.6) is 5.75 Å². The van der Waals surface area contributed by atoms with Gasteiger partial charge in [0.1, 0.15) is 10.6 Å². The summed E-state index contributed by atoms with van der Waals surface area (Å²) in [7, 11) is -4.28. The highest BCUT2D eigenvalue weighted by atomic mass is 32.2. The number of benzene rings is 1. The second kappa shape index (κ2) is 3.55. The molecule has 1 aromatic rings. The number of phenolic OH excluding ortho intramolecular Hbond substituents is 1. The van der Waals surface area contributed by atoms with Crippen molar-refractivity contribution < 1.29 is 18.1 Å². The van der Waals surface area contributed by atoms with E-state index in [1.807, 2.05) is 0 Å². The maximum Gasteiger partial charge on any atom is 0.298 e. The predicted octanol–water partition coefficient (Wildman–Crippen LogP) is 1.27. The molecule has 68 valence electrons.